The minimum atomic E-state index is -3.91. The zero-order chi connectivity index (χ0) is 20.0. The van der Waals surface area contributed by atoms with Gasteiger partial charge in [-0.15, -0.1) is 0 Å². The van der Waals surface area contributed by atoms with Crippen molar-refractivity contribution in [3.8, 4) is 23.5 Å². The molecular formula is C22H19NO4S. The number of rotatable bonds is 5. The van der Waals surface area contributed by atoms with Gasteiger partial charge in [0.25, 0.3) is 10.0 Å². The molecule has 0 atom stereocenters. The van der Waals surface area contributed by atoms with Gasteiger partial charge in [0.05, 0.1) is 19.1 Å². The normalized spacial score (nSPS) is 10.5. The van der Waals surface area contributed by atoms with E-state index in [1.165, 1.54) is 19.2 Å². The van der Waals surface area contributed by atoms with E-state index in [2.05, 4.69) is 12.0 Å². The smallest absolute Gasteiger partial charge is 0.275 e. The monoisotopic (exact) mass is 393 g/mol. The zero-order valence-electron chi connectivity index (χ0n) is 15.5. The van der Waals surface area contributed by atoms with E-state index in [1.54, 1.807) is 73.8 Å². The van der Waals surface area contributed by atoms with Crippen molar-refractivity contribution < 1.29 is 17.9 Å². The molecule has 5 nitrogen and oxygen atoms in total. The molecule has 0 N–H and O–H groups in total. The molecule has 3 aromatic rings. The number of hydrogen-bond acceptors (Lipinski definition) is 4. The van der Waals surface area contributed by atoms with Crippen LogP contribution in [0.5, 0.6) is 11.5 Å². The number of methoxy groups -OCH3 is 2. The highest BCUT2D eigenvalue weighted by molar-refractivity contribution is 7.93. The Hall–Kier alpha value is -3.43. The fourth-order valence-electron chi connectivity index (χ4n) is 2.53. The number of para-hydroxylation sites is 2. The topological polar surface area (TPSA) is 55.8 Å². The molecule has 142 valence electrons. The lowest BCUT2D eigenvalue weighted by Gasteiger charge is -2.20. The number of hydrogen-bond donors (Lipinski definition) is 0. The molecule has 0 unspecified atom stereocenters. The Morgan fingerprint density at radius 3 is 2.07 bits per heavy atom. The van der Waals surface area contributed by atoms with Crippen LogP contribution in [0.2, 0.25) is 0 Å². The van der Waals surface area contributed by atoms with Crippen LogP contribution in [0.3, 0.4) is 0 Å². The number of nitrogens with zero attached hydrogens (tertiary/aromatic N) is 1. The summed E-state index contributed by atoms with van der Waals surface area (Å²) in [5, 5.41) is 0. The highest BCUT2D eigenvalue weighted by Crippen LogP contribution is 2.31. The Bertz CT molecular complexity index is 1100. The van der Waals surface area contributed by atoms with Crippen LogP contribution in [0.25, 0.3) is 0 Å². The summed E-state index contributed by atoms with van der Waals surface area (Å²) in [6.07, 6.45) is 0. The van der Waals surface area contributed by atoms with Gasteiger partial charge < -0.3 is 9.47 Å². The Labute approximate surface area is 165 Å². The summed E-state index contributed by atoms with van der Waals surface area (Å²) >= 11 is 0. The van der Waals surface area contributed by atoms with Crippen molar-refractivity contribution >= 4 is 15.7 Å². The number of sulfonamides is 1. The highest BCUT2D eigenvalue weighted by Gasteiger charge is 2.26. The standard InChI is InChI=1S/C22H19NO4S/c1-26-19-14-12-18(13-15-19)16-17-23(21-10-6-7-11-22(21)27-2)28(24,25)20-8-4-3-5-9-20/h3-15H,1-2H3. The predicted octanol–water partition coefficient (Wildman–Crippen LogP) is 3.91. The van der Waals surface area contributed by atoms with E-state index in [-0.39, 0.29) is 4.90 Å². The molecule has 0 radical (unpaired) electrons. The summed E-state index contributed by atoms with van der Waals surface area (Å²) in [5.41, 5.74) is 0.999. The van der Waals surface area contributed by atoms with E-state index in [1.807, 2.05) is 0 Å². The van der Waals surface area contributed by atoms with Crippen LogP contribution >= 0.6 is 0 Å². The van der Waals surface area contributed by atoms with E-state index in [4.69, 9.17) is 9.47 Å². The average Bonchev–Trinajstić information content (AvgIpc) is 2.75. The second-order valence-electron chi connectivity index (χ2n) is 5.72. The summed E-state index contributed by atoms with van der Waals surface area (Å²) in [6.45, 7) is 0. The quantitative estimate of drug-likeness (QED) is 0.487. The maximum Gasteiger partial charge on any atom is 0.275 e. The first-order valence-corrected chi connectivity index (χ1v) is 9.89. The molecule has 0 saturated heterocycles. The molecule has 6 heteroatoms. The molecule has 0 aliphatic rings. The second-order valence-corrected chi connectivity index (χ2v) is 7.51. The molecule has 0 fully saturated rings. The molecule has 3 rings (SSSR count). The number of benzene rings is 3. The highest BCUT2D eigenvalue weighted by atomic mass is 32.2. The lowest BCUT2D eigenvalue weighted by Crippen LogP contribution is -2.26. The van der Waals surface area contributed by atoms with Crippen LogP contribution in [0.4, 0.5) is 5.69 Å². The van der Waals surface area contributed by atoms with Crippen molar-refractivity contribution in [3.63, 3.8) is 0 Å². The van der Waals surface area contributed by atoms with Gasteiger partial charge in [-0.25, -0.2) is 8.42 Å². The van der Waals surface area contributed by atoms with E-state index in [0.29, 0.717) is 22.7 Å². The SMILES string of the molecule is COc1ccc(C#CN(c2ccccc2OC)S(=O)(=O)c2ccccc2)cc1. The van der Waals surface area contributed by atoms with E-state index < -0.39 is 10.0 Å². The van der Waals surface area contributed by atoms with Crippen molar-refractivity contribution in [1.29, 1.82) is 0 Å². The van der Waals surface area contributed by atoms with Crippen molar-refractivity contribution in [2.24, 2.45) is 0 Å². The first kappa shape index (κ1) is 19.3. The van der Waals surface area contributed by atoms with Crippen molar-refractivity contribution in [1.82, 2.24) is 0 Å². The second kappa shape index (κ2) is 8.51. The third-order valence-electron chi connectivity index (χ3n) is 3.98. The Balaban J connectivity index is 2.11. The van der Waals surface area contributed by atoms with Gasteiger partial charge in [-0.2, -0.15) is 4.31 Å². The van der Waals surface area contributed by atoms with Crippen LogP contribution in [0.15, 0.2) is 83.8 Å². The van der Waals surface area contributed by atoms with Gasteiger partial charge in [0, 0.05) is 11.6 Å². The minimum Gasteiger partial charge on any atom is -0.497 e. The molecule has 0 amide bonds. The molecule has 28 heavy (non-hydrogen) atoms. The van der Waals surface area contributed by atoms with Gasteiger partial charge in [-0.1, -0.05) is 30.3 Å². The first-order chi connectivity index (χ1) is 13.6. The summed E-state index contributed by atoms with van der Waals surface area (Å²) < 4.78 is 38.1. The zero-order valence-corrected chi connectivity index (χ0v) is 16.3. The largest absolute Gasteiger partial charge is 0.497 e. The Morgan fingerprint density at radius 2 is 1.43 bits per heavy atom. The molecule has 0 bridgehead atoms. The van der Waals surface area contributed by atoms with E-state index in [9.17, 15) is 8.42 Å². The molecule has 0 heterocycles. The first-order valence-electron chi connectivity index (χ1n) is 8.45. The van der Waals surface area contributed by atoms with Gasteiger partial charge in [0.1, 0.15) is 17.2 Å². The van der Waals surface area contributed by atoms with Crippen LogP contribution in [-0.4, -0.2) is 22.6 Å². The van der Waals surface area contributed by atoms with Crippen LogP contribution < -0.4 is 13.8 Å². The predicted molar refractivity (Wildman–Crippen MR) is 109 cm³/mol. The van der Waals surface area contributed by atoms with Gasteiger partial charge >= 0.3 is 0 Å². The third-order valence-corrected chi connectivity index (χ3v) is 5.61. The van der Waals surface area contributed by atoms with Crippen LogP contribution in [0, 0.1) is 12.0 Å². The summed E-state index contributed by atoms with van der Waals surface area (Å²) in [4.78, 5) is 0.143. The molecule has 3 aromatic carbocycles. The van der Waals surface area contributed by atoms with E-state index in [0.717, 1.165) is 4.31 Å². The van der Waals surface area contributed by atoms with Crippen molar-refractivity contribution in [2.45, 2.75) is 4.90 Å². The minimum absolute atomic E-state index is 0.143. The van der Waals surface area contributed by atoms with E-state index >= 15 is 0 Å². The molecule has 0 saturated carbocycles. The number of ether oxygens (including phenoxy) is 2. The fraction of sp³-hybridized carbons (Fsp3) is 0.0909. The van der Waals surface area contributed by atoms with Crippen molar-refractivity contribution in [3.05, 3.63) is 84.4 Å². The van der Waals surface area contributed by atoms with Gasteiger partial charge in [0.15, 0.2) is 0 Å². The lowest BCUT2D eigenvalue weighted by molar-refractivity contribution is 0.415. The van der Waals surface area contributed by atoms with Crippen molar-refractivity contribution in [2.75, 3.05) is 18.5 Å². The molecular weight excluding hydrogens is 374 g/mol. The lowest BCUT2D eigenvalue weighted by atomic mass is 10.2. The van der Waals surface area contributed by atoms with Gasteiger partial charge in [-0.3, -0.25) is 0 Å². The summed E-state index contributed by atoms with van der Waals surface area (Å²) in [7, 11) is -0.846. The summed E-state index contributed by atoms with van der Waals surface area (Å²) in [6, 6.07) is 24.9. The molecule has 0 aromatic heterocycles. The van der Waals surface area contributed by atoms with Gasteiger partial charge in [0.2, 0.25) is 0 Å². The van der Waals surface area contributed by atoms with Gasteiger partial charge in [-0.05, 0) is 54.5 Å². The molecule has 0 aliphatic heterocycles. The maximum absolute atomic E-state index is 13.3. The molecule has 0 aliphatic carbocycles. The molecule has 0 spiro atoms. The van der Waals surface area contributed by atoms with Crippen LogP contribution in [-0.2, 0) is 10.0 Å². The average molecular weight is 393 g/mol. The Kier molecular flexibility index (Phi) is 5.87. The summed E-state index contributed by atoms with van der Waals surface area (Å²) in [5.74, 6) is 4.01. The maximum atomic E-state index is 13.3. The fourth-order valence-corrected chi connectivity index (χ4v) is 3.82. The number of anilines is 1. The van der Waals surface area contributed by atoms with Crippen LogP contribution in [0.1, 0.15) is 5.56 Å². The third kappa shape index (κ3) is 4.11. The Morgan fingerprint density at radius 1 is 0.786 bits per heavy atom.